The molecule has 0 atom stereocenters. The van der Waals surface area contributed by atoms with Crippen molar-refractivity contribution in [1.29, 1.82) is 0 Å². The Balaban J connectivity index is 1.60. The van der Waals surface area contributed by atoms with Gasteiger partial charge in [-0.05, 0) is 25.8 Å². The van der Waals surface area contributed by atoms with Gasteiger partial charge < -0.3 is 15.0 Å². The number of anilines is 2. The summed E-state index contributed by atoms with van der Waals surface area (Å²) < 4.78 is 43.0. The molecule has 2 aromatic rings. The molecule has 2 aromatic heterocycles. The third-order valence-corrected chi connectivity index (χ3v) is 6.04. The molecule has 1 aliphatic rings. The summed E-state index contributed by atoms with van der Waals surface area (Å²) in [7, 11) is 1.27. The number of rotatable bonds is 4. The number of piperidine rings is 1. The van der Waals surface area contributed by atoms with Crippen LogP contribution in [-0.4, -0.2) is 42.0 Å². The van der Waals surface area contributed by atoms with E-state index < -0.39 is 17.7 Å². The zero-order valence-electron chi connectivity index (χ0n) is 16.0. The third kappa shape index (κ3) is 4.84. The SMILES string of the molecule is COC(=O)c1sc(NC(=O)C2CCN(c3ncc(C(F)(F)F)cc3Cl)CC2)nc1C. The summed E-state index contributed by atoms with van der Waals surface area (Å²) in [6, 6.07) is 0.854. The van der Waals surface area contributed by atoms with Crippen LogP contribution in [-0.2, 0) is 15.7 Å². The monoisotopic (exact) mass is 462 g/mol. The van der Waals surface area contributed by atoms with E-state index in [1.165, 1.54) is 7.11 Å². The smallest absolute Gasteiger partial charge is 0.417 e. The van der Waals surface area contributed by atoms with Crippen LogP contribution in [0.15, 0.2) is 12.3 Å². The van der Waals surface area contributed by atoms with Crippen LogP contribution in [0.25, 0.3) is 0 Å². The first-order chi connectivity index (χ1) is 14.1. The summed E-state index contributed by atoms with van der Waals surface area (Å²) in [5.74, 6) is -0.784. The van der Waals surface area contributed by atoms with Crippen molar-refractivity contribution >= 4 is 45.8 Å². The fraction of sp³-hybridized carbons (Fsp3) is 0.444. The fourth-order valence-electron chi connectivity index (χ4n) is 3.11. The van der Waals surface area contributed by atoms with E-state index in [4.69, 9.17) is 11.6 Å². The first-order valence-electron chi connectivity index (χ1n) is 8.94. The minimum absolute atomic E-state index is 0.0821. The van der Waals surface area contributed by atoms with Gasteiger partial charge >= 0.3 is 12.1 Å². The highest BCUT2D eigenvalue weighted by Crippen LogP contribution is 2.35. The van der Waals surface area contributed by atoms with Crippen molar-refractivity contribution in [3.63, 3.8) is 0 Å². The van der Waals surface area contributed by atoms with E-state index in [0.29, 0.717) is 41.6 Å². The third-order valence-electron chi connectivity index (χ3n) is 4.71. The number of hydrogen-bond acceptors (Lipinski definition) is 7. The van der Waals surface area contributed by atoms with Gasteiger partial charge in [0.1, 0.15) is 10.7 Å². The van der Waals surface area contributed by atoms with E-state index in [9.17, 15) is 22.8 Å². The summed E-state index contributed by atoms with van der Waals surface area (Å²) >= 11 is 7.04. The highest BCUT2D eigenvalue weighted by Gasteiger charge is 2.33. The lowest BCUT2D eigenvalue weighted by molar-refractivity contribution is -0.137. The highest BCUT2D eigenvalue weighted by molar-refractivity contribution is 7.17. The van der Waals surface area contributed by atoms with E-state index in [1.807, 2.05) is 0 Å². The van der Waals surface area contributed by atoms with Crippen molar-refractivity contribution in [1.82, 2.24) is 9.97 Å². The predicted octanol–water partition coefficient (Wildman–Crippen LogP) is 4.16. The number of alkyl halides is 3. The lowest BCUT2D eigenvalue weighted by atomic mass is 9.96. The van der Waals surface area contributed by atoms with Crippen LogP contribution in [0, 0.1) is 12.8 Å². The average molecular weight is 463 g/mol. The number of aromatic nitrogens is 2. The predicted molar refractivity (Wildman–Crippen MR) is 106 cm³/mol. The first-order valence-corrected chi connectivity index (χ1v) is 10.1. The topological polar surface area (TPSA) is 84.4 Å². The van der Waals surface area contributed by atoms with E-state index in [0.717, 1.165) is 23.6 Å². The lowest BCUT2D eigenvalue weighted by Gasteiger charge is -2.32. The Bertz CT molecular complexity index is 959. The van der Waals surface area contributed by atoms with Crippen LogP contribution in [0.1, 0.15) is 33.8 Å². The molecule has 1 amide bonds. The Hall–Kier alpha value is -2.40. The lowest BCUT2D eigenvalue weighted by Crippen LogP contribution is -2.38. The van der Waals surface area contributed by atoms with Crippen molar-refractivity contribution in [2.24, 2.45) is 5.92 Å². The standard InChI is InChI=1S/C18H18ClF3N4O3S/c1-9-13(16(28)29-2)30-17(24-9)25-15(27)10-3-5-26(6-4-10)14-12(19)7-11(8-23-14)18(20,21)22/h7-8,10H,3-6H2,1-2H3,(H,24,25,27). The number of ether oxygens (including phenoxy) is 1. The van der Waals surface area contributed by atoms with Crippen molar-refractivity contribution in [3.05, 3.63) is 33.4 Å². The number of carbonyl (C=O) groups is 2. The largest absolute Gasteiger partial charge is 0.465 e. The van der Waals surface area contributed by atoms with Crippen LogP contribution in [0.5, 0.6) is 0 Å². The van der Waals surface area contributed by atoms with Crippen LogP contribution in [0.4, 0.5) is 24.1 Å². The zero-order valence-corrected chi connectivity index (χ0v) is 17.6. The number of pyridine rings is 1. The van der Waals surface area contributed by atoms with Gasteiger partial charge in [0, 0.05) is 25.2 Å². The fourth-order valence-corrected chi connectivity index (χ4v) is 4.28. The summed E-state index contributed by atoms with van der Waals surface area (Å²) in [6.07, 6.45) is -2.82. The number of thiazole rings is 1. The average Bonchev–Trinajstić information content (AvgIpc) is 3.06. The summed E-state index contributed by atoms with van der Waals surface area (Å²) in [5.41, 5.74) is -0.435. The molecule has 12 heteroatoms. The number of methoxy groups -OCH3 is 1. The van der Waals surface area contributed by atoms with E-state index in [2.05, 4.69) is 20.0 Å². The Morgan fingerprint density at radius 1 is 1.33 bits per heavy atom. The summed E-state index contributed by atoms with van der Waals surface area (Å²) in [6.45, 7) is 2.48. The van der Waals surface area contributed by atoms with Gasteiger partial charge in [0.25, 0.3) is 0 Å². The normalized spacial score (nSPS) is 15.2. The summed E-state index contributed by atoms with van der Waals surface area (Å²) in [5, 5.41) is 2.95. The number of amides is 1. The maximum atomic E-state index is 12.8. The van der Waals surface area contributed by atoms with Gasteiger partial charge in [-0.2, -0.15) is 13.2 Å². The van der Waals surface area contributed by atoms with Crippen molar-refractivity contribution in [3.8, 4) is 0 Å². The molecule has 3 heterocycles. The molecule has 0 radical (unpaired) electrons. The molecular weight excluding hydrogens is 445 g/mol. The number of carbonyl (C=O) groups excluding carboxylic acids is 2. The molecule has 0 aromatic carbocycles. The second-order valence-electron chi connectivity index (χ2n) is 6.70. The van der Waals surface area contributed by atoms with Gasteiger partial charge in [0.15, 0.2) is 5.13 Å². The molecule has 162 valence electrons. The molecule has 30 heavy (non-hydrogen) atoms. The van der Waals surface area contributed by atoms with Gasteiger partial charge in [-0.25, -0.2) is 14.8 Å². The van der Waals surface area contributed by atoms with E-state index in [-0.39, 0.29) is 22.7 Å². The van der Waals surface area contributed by atoms with Gasteiger partial charge in [-0.1, -0.05) is 22.9 Å². The van der Waals surface area contributed by atoms with Crippen molar-refractivity contribution < 1.29 is 27.5 Å². The second-order valence-corrected chi connectivity index (χ2v) is 8.11. The van der Waals surface area contributed by atoms with Gasteiger partial charge in [0.2, 0.25) is 5.91 Å². The molecule has 0 bridgehead atoms. The molecule has 1 aliphatic heterocycles. The number of nitrogens with one attached hydrogen (secondary N) is 1. The van der Waals surface area contributed by atoms with Crippen molar-refractivity contribution in [2.75, 3.05) is 30.4 Å². The number of hydrogen-bond donors (Lipinski definition) is 1. The maximum Gasteiger partial charge on any atom is 0.417 e. The maximum absolute atomic E-state index is 12.8. The van der Waals surface area contributed by atoms with Gasteiger partial charge in [-0.15, -0.1) is 0 Å². The minimum Gasteiger partial charge on any atom is -0.465 e. The van der Waals surface area contributed by atoms with Gasteiger partial charge in [-0.3, -0.25) is 4.79 Å². The van der Waals surface area contributed by atoms with E-state index >= 15 is 0 Å². The Kier molecular flexibility index (Phi) is 6.51. The van der Waals surface area contributed by atoms with Crippen LogP contribution in [0.3, 0.4) is 0 Å². The Labute approximate surface area is 179 Å². The molecule has 0 spiro atoms. The minimum atomic E-state index is -4.51. The second kappa shape index (κ2) is 8.76. The molecule has 0 unspecified atom stereocenters. The molecule has 7 nitrogen and oxygen atoms in total. The molecule has 1 saturated heterocycles. The zero-order chi connectivity index (χ0) is 22.1. The number of esters is 1. The van der Waals surface area contributed by atoms with Crippen molar-refractivity contribution in [2.45, 2.75) is 25.9 Å². The molecule has 0 saturated carbocycles. The summed E-state index contributed by atoms with van der Waals surface area (Å²) in [4.78, 5) is 34.3. The molecule has 0 aliphatic carbocycles. The molecule has 1 fully saturated rings. The molecule has 3 rings (SSSR count). The van der Waals surface area contributed by atoms with Crippen LogP contribution in [0.2, 0.25) is 5.02 Å². The van der Waals surface area contributed by atoms with Crippen LogP contribution >= 0.6 is 22.9 Å². The highest BCUT2D eigenvalue weighted by atomic mass is 35.5. The number of nitrogens with zero attached hydrogens (tertiary/aromatic N) is 3. The quantitative estimate of drug-likeness (QED) is 0.687. The van der Waals surface area contributed by atoms with Gasteiger partial charge in [0.05, 0.1) is 23.4 Å². The Morgan fingerprint density at radius 3 is 2.57 bits per heavy atom. The van der Waals surface area contributed by atoms with Crippen LogP contribution < -0.4 is 10.2 Å². The number of aryl methyl sites for hydroxylation is 1. The first kappa shape index (κ1) is 22.3. The molecule has 1 N–H and O–H groups in total. The van der Waals surface area contributed by atoms with E-state index in [1.54, 1.807) is 11.8 Å². The number of halogens is 4. The molecular formula is C18H18ClF3N4O3S. The Morgan fingerprint density at radius 2 is 2.00 bits per heavy atom.